The van der Waals surface area contributed by atoms with Gasteiger partial charge in [-0.1, -0.05) is 5.21 Å². The third-order valence-electron chi connectivity index (χ3n) is 3.53. The van der Waals surface area contributed by atoms with Crippen LogP contribution in [0.3, 0.4) is 0 Å². The Morgan fingerprint density at radius 3 is 2.77 bits per heavy atom. The third-order valence-corrected chi connectivity index (χ3v) is 3.53. The van der Waals surface area contributed by atoms with E-state index in [2.05, 4.69) is 15.3 Å². The van der Waals surface area contributed by atoms with E-state index in [0.717, 1.165) is 12.1 Å². The van der Waals surface area contributed by atoms with Gasteiger partial charge in [0.2, 0.25) is 0 Å². The first-order chi connectivity index (χ1) is 12.4. The lowest BCUT2D eigenvalue weighted by molar-refractivity contribution is 0.0137. The number of hydrogen-bond donors (Lipinski definition) is 0. The summed E-state index contributed by atoms with van der Waals surface area (Å²) in [4.78, 5) is 4.01. The molecule has 0 fully saturated rings. The summed E-state index contributed by atoms with van der Waals surface area (Å²) in [5.74, 6) is -3.52. The molecule has 9 heteroatoms. The molecule has 136 valence electrons. The molecule has 0 aliphatic heterocycles. The number of rotatable bonds is 6. The highest BCUT2D eigenvalue weighted by Crippen LogP contribution is 2.30. The number of methoxy groups -OCH3 is 1. The Bertz CT molecular complexity index is 909. The summed E-state index contributed by atoms with van der Waals surface area (Å²) < 4.78 is 52.5. The molecule has 26 heavy (non-hydrogen) atoms. The lowest BCUT2D eigenvalue weighted by atomic mass is 10.1. The predicted octanol–water partition coefficient (Wildman–Crippen LogP) is 3.50. The Balaban J connectivity index is 1.78. The molecule has 0 unspecified atom stereocenters. The molecule has 6 nitrogen and oxygen atoms in total. The second-order valence-corrected chi connectivity index (χ2v) is 5.51. The molecule has 0 spiro atoms. The molecule has 0 N–H and O–H groups in total. The van der Waals surface area contributed by atoms with Crippen molar-refractivity contribution >= 4 is 0 Å². The molecule has 0 bridgehead atoms. The molecule has 0 saturated carbocycles. The second kappa shape index (κ2) is 7.03. The topological polar surface area (TPSA) is 62.1 Å². The average Bonchev–Trinajstić information content (AvgIpc) is 3.08. The Morgan fingerprint density at radius 2 is 2.04 bits per heavy atom. The second-order valence-electron chi connectivity index (χ2n) is 5.51. The molecule has 0 aliphatic rings. The number of hydrogen-bond acceptors (Lipinski definition) is 5. The summed E-state index contributed by atoms with van der Waals surface area (Å²) in [6, 6.07) is 6.73. The largest absolute Gasteiger partial charge is 0.481 e. The van der Waals surface area contributed by atoms with Crippen molar-refractivity contribution in [3.63, 3.8) is 0 Å². The van der Waals surface area contributed by atoms with E-state index in [9.17, 15) is 13.2 Å². The summed E-state index contributed by atoms with van der Waals surface area (Å²) in [5.41, 5.74) is 0.00840. The number of benzene rings is 1. The first kappa shape index (κ1) is 17.7. The highest BCUT2D eigenvalue weighted by atomic mass is 19.3. The molecule has 1 aromatic carbocycles. The van der Waals surface area contributed by atoms with Crippen LogP contribution in [0.15, 0.2) is 42.7 Å². The highest BCUT2D eigenvalue weighted by molar-refractivity contribution is 5.38. The number of pyridine rings is 1. The minimum absolute atomic E-state index is 0.0695. The van der Waals surface area contributed by atoms with Crippen LogP contribution in [0.25, 0.3) is 5.69 Å². The summed E-state index contributed by atoms with van der Waals surface area (Å²) >= 11 is 0. The van der Waals surface area contributed by atoms with Crippen LogP contribution in [-0.2, 0) is 12.5 Å². The molecular formula is C17H15F3N4O2. The van der Waals surface area contributed by atoms with Gasteiger partial charge in [0.1, 0.15) is 18.1 Å². The summed E-state index contributed by atoms with van der Waals surface area (Å²) in [6.07, 6.45) is 3.07. The third kappa shape index (κ3) is 3.76. The minimum Gasteiger partial charge on any atom is -0.481 e. The number of halogens is 3. The summed E-state index contributed by atoms with van der Waals surface area (Å²) in [5, 5.41) is 7.79. The number of aromatic nitrogens is 4. The molecule has 2 aromatic heterocycles. The molecular weight excluding hydrogens is 349 g/mol. The van der Waals surface area contributed by atoms with Crippen molar-refractivity contribution in [3.8, 4) is 17.3 Å². The van der Waals surface area contributed by atoms with Gasteiger partial charge in [-0.25, -0.2) is 22.8 Å². The van der Waals surface area contributed by atoms with E-state index < -0.39 is 17.3 Å². The summed E-state index contributed by atoms with van der Waals surface area (Å²) in [6.45, 7) is 0.705. The zero-order valence-corrected chi connectivity index (χ0v) is 14.0. The van der Waals surface area contributed by atoms with Crippen molar-refractivity contribution in [2.45, 2.75) is 19.5 Å². The van der Waals surface area contributed by atoms with Gasteiger partial charge in [-0.2, -0.15) is 0 Å². The Hall–Kier alpha value is -3.10. The number of nitrogens with zero attached hydrogens (tertiary/aromatic N) is 4. The van der Waals surface area contributed by atoms with E-state index in [4.69, 9.17) is 9.47 Å². The highest BCUT2D eigenvalue weighted by Gasteiger charge is 2.28. The maximum atomic E-state index is 13.6. The first-order valence-corrected chi connectivity index (χ1v) is 7.59. The number of ether oxygens (including phenoxy) is 2. The molecule has 2 heterocycles. The SMILES string of the molecule is COc1ncccc1OCc1cn(-c2ccc(F)c(C(C)(F)F)c2)nn1. The van der Waals surface area contributed by atoms with Crippen LogP contribution in [0.5, 0.6) is 11.6 Å². The van der Waals surface area contributed by atoms with Gasteiger partial charge in [0.25, 0.3) is 11.8 Å². The maximum absolute atomic E-state index is 13.6. The molecule has 3 aromatic rings. The van der Waals surface area contributed by atoms with Crippen molar-refractivity contribution in [1.29, 1.82) is 0 Å². The van der Waals surface area contributed by atoms with E-state index in [-0.39, 0.29) is 12.3 Å². The van der Waals surface area contributed by atoms with Crippen molar-refractivity contribution in [2.75, 3.05) is 7.11 Å². The van der Waals surface area contributed by atoms with Crippen LogP contribution < -0.4 is 9.47 Å². The van der Waals surface area contributed by atoms with Gasteiger partial charge in [-0.05, 0) is 30.3 Å². The predicted molar refractivity (Wildman–Crippen MR) is 86.0 cm³/mol. The Kier molecular flexibility index (Phi) is 4.79. The van der Waals surface area contributed by atoms with Crippen LogP contribution >= 0.6 is 0 Å². The lowest BCUT2D eigenvalue weighted by Gasteiger charge is -2.12. The molecule has 0 radical (unpaired) electrons. The molecule has 0 aliphatic carbocycles. The van der Waals surface area contributed by atoms with Crippen molar-refractivity contribution < 1.29 is 22.6 Å². The van der Waals surface area contributed by atoms with Crippen molar-refractivity contribution in [2.24, 2.45) is 0 Å². The van der Waals surface area contributed by atoms with Crippen LogP contribution in [0.2, 0.25) is 0 Å². The van der Waals surface area contributed by atoms with E-state index in [1.807, 2.05) is 0 Å². The van der Waals surface area contributed by atoms with Crippen LogP contribution in [-0.4, -0.2) is 27.1 Å². The van der Waals surface area contributed by atoms with Crippen LogP contribution in [0.4, 0.5) is 13.2 Å². The Morgan fingerprint density at radius 1 is 1.23 bits per heavy atom. The Labute approximate surface area is 147 Å². The van der Waals surface area contributed by atoms with E-state index >= 15 is 0 Å². The monoisotopic (exact) mass is 364 g/mol. The standard InChI is InChI=1S/C17H15F3N4O2/c1-17(19,20)13-8-12(5-6-14(13)18)24-9-11(22-23-24)10-26-15-4-3-7-21-16(15)25-2/h3-9H,10H2,1-2H3. The van der Waals surface area contributed by atoms with Crippen LogP contribution in [0.1, 0.15) is 18.2 Å². The van der Waals surface area contributed by atoms with Gasteiger partial charge in [0.15, 0.2) is 5.75 Å². The average molecular weight is 364 g/mol. The lowest BCUT2D eigenvalue weighted by Crippen LogP contribution is -2.11. The van der Waals surface area contributed by atoms with Crippen molar-refractivity contribution in [3.05, 3.63) is 59.8 Å². The first-order valence-electron chi connectivity index (χ1n) is 7.59. The minimum atomic E-state index is -3.30. The van der Waals surface area contributed by atoms with E-state index in [1.54, 1.807) is 18.3 Å². The maximum Gasteiger partial charge on any atom is 0.273 e. The fourth-order valence-electron chi connectivity index (χ4n) is 2.27. The van der Waals surface area contributed by atoms with Gasteiger partial charge in [0.05, 0.1) is 24.6 Å². The number of alkyl halides is 2. The van der Waals surface area contributed by atoms with Gasteiger partial charge in [-0.3, -0.25) is 0 Å². The van der Waals surface area contributed by atoms with Gasteiger partial charge >= 0.3 is 0 Å². The van der Waals surface area contributed by atoms with E-state index in [1.165, 1.54) is 24.1 Å². The van der Waals surface area contributed by atoms with Crippen molar-refractivity contribution in [1.82, 2.24) is 20.0 Å². The van der Waals surface area contributed by atoms with Gasteiger partial charge in [0, 0.05) is 13.1 Å². The fourth-order valence-corrected chi connectivity index (χ4v) is 2.27. The van der Waals surface area contributed by atoms with Gasteiger partial charge in [-0.15, -0.1) is 5.10 Å². The molecule has 0 amide bonds. The summed E-state index contributed by atoms with van der Waals surface area (Å²) in [7, 11) is 1.47. The van der Waals surface area contributed by atoms with E-state index in [0.29, 0.717) is 24.2 Å². The molecule has 3 rings (SSSR count). The fraction of sp³-hybridized carbons (Fsp3) is 0.235. The van der Waals surface area contributed by atoms with Gasteiger partial charge < -0.3 is 9.47 Å². The zero-order chi connectivity index (χ0) is 18.7. The van der Waals surface area contributed by atoms with Crippen LogP contribution in [0, 0.1) is 5.82 Å². The zero-order valence-electron chi connectivity index (χ0n) is 14.0. The smallest absolute Gasteiger partial charge is 0.273 e. The molecule has 0 saturated heterocycles. The quantitative estimate of drug-likeness (QED) is 0.670. The molecule has 0 atom stereocenters. The normalized spacial score (nSPS) is 11.4.